The zero-order valence-corrected chi connectivity index (χ0v) is 11.4. The highest BCUT2D eigenvalue weighted by molar-refractivity contribution is 6.30. The van der Waals surface area contributed by atoms with Crippen molar-refractivity contribution < 1.29 is 9.47 Å². The van der Waals surface area contributed by atoms with Crippen LogP contribution in [0.5, 0.6) is 5.75 Å². The summed E-state index contributed by atoms with van der Waals surface area (Å²) in [6.45, 7) is 4.42. The van der Waals surface area contributed by atoms with Gasteiger partial charge < -0.3 is 9.47 Å². The van der Waals surface area contributed by atoms with Crippen LogP contribution in [0.2, 0.25) is 5.02 Å². The lowest BCUT2D eigenvalue weighted by molar-refractivity contribution is 0.0339. The molecule has 0 bridgehead atoms. The van der Waals surface area contributed by atoms with Crippen LogP contribution in [0.1, 0.15) is 5.56 Å². The molecule has 96 valence electrons. The fraction of sp³-hybridized carbons (Fsp3) is 0.500. The Labute approximate surface area is 113 Å². The first kappa shape index (κ1) is 14.6. The summed E-state index contributed by atoms with van der Waals surface area (Å²) in [7, 11) is 1.69. The largest absolute Gasteiger partial charge is 0.496 e. The number of methoxy groups -OCH3 is 1. The third kappa shape index (κ3) is 4.03. The number of hydrogen-bond acceptors (Lipinski definition) is 3. The molecule has 1 saturated heterocycles. The van der Waals surface area contributed by atoms with Gasteiger partial charge in [0.05, 0.1) is 20.3 Å². The van der Waals surface area contributed by atoms with E-state index in [1.54, 1.807) is 7.11 Å². The number of rotatable bonds is 3. The molecule has 1 aromatic carbocycles. The van der Waals surface area contributed by atoms with Gasteiger partial charge in [0.1, 0.15) is 5.75 Å². The van der Waals surface area contributed by atoms with E-state index in [9.17, 15) is 0 Å². The summed E-state index contributed by atoms with van der Waals surface area (Å²) >= 11 is 5.99. The van der Waals surface area contributed by atoms with Crippen molar-refractivity contribution in [2.24, 2.45) is 0 Å². The van der Waals surface area contributed by atoms with Crippen molar-refractivity contribution in [2.75, 3.05) is 33.4 Å². The minimum Gasteiger partial charge on any atom is -0.496 e. The lowest BCUT2D eigenvalue weighted by Crippen LogP contribution is -2.35. The van der Waals surface area contributed by atoms with Gasteiger partial charge in [0.15, 0.2) is 0 Å². The van der Waals surface area contributed by atoms with Crippen molar-refractivity contribution in [3.05, 3.63) is 28.8 Å². The normalized spacial score (nSPS) is 16.4. The zero-order valence-electron chi connectivity index (χ0n) is 9.82. The first-order valence-corrected chi connectivity index (χ1v) is 5.80. The Balaban J connectivity index is 0.00000144. The Morgan fingerprint density at radius 1 is 1.35 bits per heavy atom. The average molecular weight is 278 g/mol. The van der Waals surface area contributed by atoms with Crippen molar-refractivity contribution in [1.82, 2.24) is 4.90 Å². The third-order valence-electron chi connectivity index (χ3n) is 2.74. The van der Waals surface area contributed by atoms with Crippen LogP contribution in [-0.2, 0) is 11.3 Å². The summed E-state index contributed by atoms with van der Waals surface area (Å²) in [5.41, 5.74) is 1.14. The Morgan fingerprint density at radius 3 is 2.71 bits per heavy atom. The van der Waals surface area contributed by atoms with E-state index in [0.29, 0.717) is 0 Å². The molecule has 1 aliphatic rings. The van der Waals surface area contributed by atoms with Crippen LogP contribution in [0.15, 0.2) is 18.2 Å². The summed E-state index contributed by atoms with van der Waals surface area (Å²) in [4.78, 5) is 2.34. The highest BCUT2D eigenvalue weighted by atomic mass is 35.5. The van der Waals surface area contributed by atoms with Crippen LogP contribution >= 0.6 is 24.0 Å². The minimum atomic E-state index is 0. The summed E-state index contributed by atoms with van der Waals surface area (Å²) in [6.07, 6.45) is 0. The molecule has 2 rings (SSSR count). The van der Waals surface area contributed by atoms with Gasteiger partial charge in [-0.05, 0) is 18.2 Å². The Hall–Kier alpha value is -0.480. The van der Waals surface area contributed by atoms with E-state index in [0.717, 1.165) is 49.2 Å². The fourth-order valence-electron chi connectivity index (χ4n) is 1.87. The average Bonchev–Trinajstić information content (AvgIpc) is 2.31. The van der Waals surface area contributed by atoms with Gasteiger partial charge in [-0.1, -0.05) is 11.6 Å². The third-order valence-corrected chi connectivity index (χ3v) is 2.98. The van der Waals surface area contributed by atoms with Crippen LogP contribution in [0.4, 0.5) is 0 Å². The van der Waals surface area contributed by atoms with E-state index in [1.165, 1.54) is 0 Å². The van der Waals surface area contributed by atoms with Gasteiger partial charge in [0, 0.05) is 30.2 Å². The summed E-state index contributed by atoms with van der Waals surface area (Å²) < 4.78 is 10.6. The molecule has 0 atom stereocenters. The van der Waals surface area contributed by atoms with E-state index in [-0.39, 0.29) is 12.4 Å². The predicted molar refractivity (Wildman–Crippen MR) is 71.3 cm³/mol. The molecular weight excluding hydrogens is 261 g/mol. The molecule has 0 radical (unpaired) electrons. The van der Waals surface area contributed by atoms with Gasteiger partial charge >= 0.3 is 0 Å². The van der Waals surface area contributed by atoms with Crippen molar-refractivity contribution in [3.8, 4) is 5.75 Å². The van der Waals surface area contributed by atoms with Crippen molar-refractivity contribution >= 4 is 24.0 Å². The molecule has 1 aromatic rings. The van der Waals surface area contributed by atoms with Crippen molar-refractivity contribution in [2.45, 2.75) is 6.54 Å². The van der Waals surface area contributed by atoms with E-state index in [1.807, 2.05) is 18.2 Å². The molecular formula is C12H17Cl2NO2. The minimum absolute atomic E-state index is 0. The van der Waals surface area contributed by atoms with Crippen LogP contribution in [0.25, 0.3) is 0 Å². The number of morpholine rings is 1. The van der Waals surface area contributed by atoms with Crippen molar-refractivity contribution in [1.29, 1.82) is 0 Å². The molecule has 0 unspecified atom stereocenters. The van der Waals surface area contributed by atoms with Gasteiger partial charge in [-0.25, -0.2) is 0 Å². The van der Waals surface area contributed by atoms with Gasteiger partial charge in [0.25, 0.3) is 0 Å². The second-order valence-electron chi connectivity index (χ2n) is 3.84. The smallest absolute Gasteiger partial charge is 0.123 e. The molecule has 0 N–H and O–H groups in total. The summed E-state index contributed by atoms with van der Waals surface area (Å²) in [5.74, 6) is 0.899. The van der Waals surface area contributed by atoms with Gasteiger partial charge in [-0.2, -0.15) is 0 Å². The van der Waals surface area contributed by atoms with Gasteiger partial charge in [0.2, 0.25) is 0 Å². The Bertz CT molecular complexity index is 354. The lowest BCUT2D eigenvalue weighted by atomic mass is 10.2. The monoisotopic (exact) mass is 277 g/mol. The van der Waals surface area contributed by atoms with Crippen LogP contribution in [-0.4, -0.2) is 38.3 Å². The fourth-order valence-corrected chi connectivity index (χ4v) is 2.07. The molecule has 0 spiro atoms. The van der Waals surface area contributed by atoms with Crippen LogP contribution in [0.3, 0.4) is 0 Å². The quantitative estimate of drug-likeness (QED) is 0.848. The second-order valence-corrected chi connectivity index (χ2v) is 4.28. The summed E-state index contributed by atoms with van der Waals surface area (Å²) in [6, 6.07) is 5.73. The molecule has 1 heterocycles. The van der Waals surface area contributed by atoms with E-state index < -0.39 is 0 Å². The highest BCUT2D eigenvalue weighted by Crippen LogP contribution is 2.24. The highest BCUT2D eigenvalue weighted by Gasteiger charge is 2.13. The number of benzene rings is 1. The molecule has 0 aliphatic carbocycles. The van der Waals surface area contributed by atoms with E-state index in [4.69, 9.17) is 21.1 Å². The maximum Gasteiger partial charge on any atom is 0.123 e. The molecule has 17 heavy (non-hydrogen) atoms. The molecule has 1 fully saturated rings. The number of nitrogens with zero attached hydrogens (tertiary/aromatic N) is 1. The molecule has 1 aliphatic heterocycles. The predicted octanol–water partition coefficient (Wildman–Crippen LogP) is 2.60. The standard InChI is InChI=1S/C12H16ClNO2.ClH/c1-15-12-3-2-11(13)8-10(12)9-14-4-6-16-7-5-14;/h2-3,8H,4-7,9H2,1H3;1H. The van der Waals surface area contributed by atoms with Crippen molar-refractivity contribution in [3.63, 3.8) is 0 Å². The molecule has 0 aromatic heterocycles. The van der Waals surface area contributed by atoms with Crippen LogP contribution in [0, 0.1) is 0 Å². The van der Waals surface area contributed by atoms with Gasteiger partial charge in [-0.3, -0.25) is 4.90 Å². The van der Waals surface area contributed by atoms with Gasteiger partial charge in [-0.15, -0.1) is 12.4 Å². The van der Waals surface area contributed by atoms with E-state index in [2.05, 4.69) is 4.90 Å². The Kier molecular flexibility index (Phi) is 6.06. The first-order valence-electron chi connectivity index (χ1n) is 5.42. The topological polar surface area (TPSA) is 21.7 Å². The molecule has 3 nitrogen and oxygen atoms in total. The maximum atomic E-state index is 5.99. The number of halogens is 2. The number of hydrogen-bond donors (Lipinski definition) is 0. The maximum absolute atomic E-state index is 5.99. The molecule has 0 amide bonds. The molecule has 0 saturated carbocycles. The molecule has 5 heteroatoms. The zero-order chi connectivity index (χ0) is 11.4. The van der Waals surface area contributed by atoms with Crippen LogP contribution < -0.4 is 4.74 Å². The second kappa shape index (κ2) is 7.07. The number of ether oxygens (including phenoxy) is 2. The summed E-state index contributed by atoms with van der Waals surface area (Å²) in [5, 5.41) is 0.754. The SMILES string of the molecule is COc1ccc(Cl)cc1CN1CCOCC1.Cl. The first-order chi connectivity index (χ1) is 7.79. The Morgan fingerprint density at radius 2 is 2.06 bits per heavy atom. The lowest BCUT2D eigenvalue weighted by Gasteiger charge is -2.27. The van der Waals surface area contributed by atoms with E-state index >= 15 is 0 Å².